The SMILES string of the molecule is Cc1cc(-c2cc(N)n[nH]2)c(O)c(Br)c1C. The van der Waals surface area contributed by atoms with Gasteiger partial charge in [-0.05, 0) is 47.0 Å². The van der Waals surface area contributed by atoms with E-state index in [0.29, 0.717) is 21.5 Å². The molecule has 0 spiro atoms. The van der Waals surface area contributed by atoms with Crippen molar-refractivity contribution in [2.45, 2.75) is 13.8 Å². The molecule has 0 aliphatic carbocycles. The van der Waals surface area contributed by atoms with Crippen molar-refractivity contribution in [3.63, 3.8) is 0 Å². The van der Waals surface area contributed by atoms with Gasteiger partial charge >= 0.3 is 0 Å². The molecule has 2 aromatic rings. The second-order valence-corrected chi connectivity index (χ2v) is 4.53. The van der Waals surface area contributed by atoms with Crippen LogP contribution < -0.4 is 5.73 Å². The number of aromatic amines is 1. The Labute approximate surface area is 102 Å². The first kappa shape index (κ1) is 11.0. The molecule has 0 atom stereocenters. The molecule has 0 amide bonds. The highest BCUT2D eigenvalue weighted by Gasteiger charge is 2.13. The number of rotatable bonds is 1. The summed E-state index contributed by atoms with van der Waals surface area (Å²) in [6, 6.07) is 3.60. The van der Waals surface area contributed by atoms with Gasteiger partial charge in [0.2, 0.25) is 0 Å². The minimum atomic E-state index is 0.201. The number of halogens is 1. The Hall–Kier alpha value is -1.49. The number of hydrogen-bond acceptors (Lipinski definition) is 3. The predicted octanol–water partition coefficient (Wildman–Crippen LogP) is 2.74. The highest BCUT2D eigenvalue weighted by Crippen LogP contribution is 2.38. The summed E-state index contributed by atoms with van der Waals surface area (Å²) in [6.45, 7) is 3.94. The van der Waals surface area contributed by atoms with E-state index in [9.17, 15) is 5.11 Å². The summed E-state index contributed by atoms with van der Waals surface area (Å²) < 4.78 is 0.704. The molecule has 84 valence electrons. The van der Waals surface area contributed by atoms with Crippen LogP contribution in [0.25, 0.3) is 11.3 Å². The van der Waals surface area contributed by atoms with Crippen LogP contribution in [0, 0.1) is 13.8 Å². The summed E-state index contributed by atoms with van der Waals surface area (Å²) in [7, 11) is 0. The molecule has 5 heteroatoms. The lowest BCUT2D eigenvalue weighted by atomic mass is 10.0. The first-order chi connectivity index (χ1) is 7.50. The van der Waals surface area contributed by atoms with Crippen LogP contribution in [-0.2, 0) is 0 Å². The molecule has 0 aliphatic rings. The third kappa shape index (κ3) is 1.67. The van der Waals surface area contributed by atoms with Crippen LogP contribution in [0.1, 0.15) is 11.1 Å². The number of benzene rings is 1. The van der Waals surface area contributed by atoms with E-state index in [1.54, 1.807) is 6.07 Å². The summed E-state index contributed by atoms with van der Waals surface area (Å²) in [5, 5.41) is 16.7. The van der Waals surface area contributed by atoms with Gasteiger partial charge in [-0.25, -0.2) is 0 Å². The summed E-state index contributed by atoms with van der Waals surface area (Å²) in [5.74, 6) is 0.607. The van der Waals surface area contributed by atoms with E-state index in [-0.39, 0.29) is 5.75 Å². The minimum absolute atomic E-state index is 0.201. The quantitative estimate of drug-likeness (QED) is 0.752. The smallest absolute Gasteiger partial charge is 0.145 e. The van der Waals surface area contributed by atoms with Gasteiger partial charge in [0.05, 0.1) is 10.2 Å². The van der Waals surface area contributed by atoms with Gasteiger partial charge in [-0.15, -0.1) is 0 Å². The summed E-state index contributed by atoms with van der Waals surface area (Å²) >= 11 is 3.37. The van der Waals surface area contributed by atoms with Gasteiger partial charge in [0.1, 0.15) is 11.6 Å². The van der Waals surface area contributed by atoms with E-state index in [1.165, 1.54) is 0 Å². The molecule has 0 aliphatic heterocycles. The second kappa shape index (κ2) is 3.83. The summed E-state index contributed by atoms with van der Waals surface area (Å²) in [6.07, 6.45) is 0. The highest BCUT2D eigenvalue weighted by atomic mass is 79.9. The molecule has 0 saturated heterocycles. The highest BCUT2D eigenvalue weighted by molar-refractivity contribution is 9.10. The van der Waals surface area contributed by atoms with E-state index in [4.69, 9.17) is 5.73 Å². The van der Waals surface area contributed by atoms with Crippen molar-refractivity contribution >= 4 is 21.7 Å². The van der Waals surface area contributed by atoms with E-state index in [0.717, 1.165) is 11.1 Å². The third-order valence-electron chi connectivity index (χ3n) is 2.63. The molecular weight excluding hydrogens is 270 g/mol. The first-order valence-electron chi connectivity index (χ1n) is 4.80. The number of aromatic nitrogens is 2. The molecule has 4 N–H and O–H groups in total. The second-order valence-electron chi connectivity index (χ2n) is 3.74. The molecule has 0 bridgehead atoms. The molecule has 0 fully saturated rings. The summed E-state index contributed by atoms with van der Waals surface area (Å²) in [4.78, 5) is 0. The largest absolute Gasteiger partial charge is 0.506 e. The lowest BCUT2D eigenvalue weighted by Crippen LogP contribution is -1.88. The number of nitrogen functional groups attached to an aromatic ring is 1. The Morgan fingerprint density at radius 1 is 1.38 bits per heavy atom. The van der Waals surface area contributed by atoms with Gasteiger partial charge in [-0.1, -0.05) is 0 Å². The Bertz CT molecular complexity index is 548. The molecule has 1 heterocycles. The monoisotopic (exact) mass is 281 g/mol. The normalized spacial score (nSPS) is 10.7. The van der Waals surface area contributed by atoms with Gasteiger partial charge < -0.3 is 10.8 Å². The van der Waals surface area contributed by atoms with Gasteiger partial charge in [0.25, 0.3) is 0 Å². The zero-order valence-corrected chi connectivity index (χ0v) is 10.6. The van der Waals surface area contributed by atoms with Crippen molar-refractivity contribution < 1.29 is 5.11 Å². The fourth-order valence-corrected chi connectivity index (χ4v) is 2.07. The van der Waals surface area contributed by atoms with Crippen molar-refractivity contribution in [3.05, 3.63) is 27.7 Å². The molecule has 4 nitrogen and oxygen atoms in total. The number of aromatic hydroxyl groups is 1. The van der Waals surface area contributed by atoms with Gasteiger partial charge in [-0.3, -0.25) is 5.10 Å². The van der Waals surface area contributed by atoms with Crippen molar-refractivity contribution in [1.29, 1.82) is 0 Å². The minimum Gasteiger partial charge on any atom is -0.506 e. The van der Waals surface area contributed by atoms with Crippen LogP contribution in [0.15, 0.2) is 16.6 Å². The Balaban J connectivity index is 2.66. The van der Waals surface area contributed by atoms with Crippen molar-refractivity contribution in [2.75, 3.05) is 5.73 Å². The van der Waals surface area contributed by atoms with Gasteiger partial charge in [0.15, 0.2) is 0 Å². The maximum atomic E-state index is 10.0. The molecule has 0 saturated carbocycles. The molecule has 1 aromatic carbocycles. The maximum absolute atomic E-state index is 10.0. The van der Waals surface area contributed by atoms with Crippen LogP contribution in [0.4, 0.5) is 5.82 Å². The van der Waals surface area contributed by atoms with E-state index in [2.05, 4.69) is 26.1 Å². The number of hydrogen-bond donors (Lipinski definition) is 3. The van der Waals surface area contributed by atoms with Crippen molar-refractivity contribution in [2.24, 2.45) is 0 Å². The number of nitrogens with zero attached hydrogens (tertiary/aromatic N) is 1. The number of aryl methyl sites for hydroxylation is 1. The topological polar surface area (TPSA) is 74.9 Å². The zero-order chi connectivity index (χ0) is 11.9. The maximum Gasteiger partial charge on any atom is 0.145 e. The average Bonchev–Trinajstić information content (AvgIpc) is 2.67. The average molecular weight is 282 g/mol. The van der Waals surface area contributed by atoms with Crippen LogP contribution in [0.5, 0.6) is 5.75 Å². The number of anilines is 1. The fraction of sp³-hybridized carbons (Fsp3) is 0.182. The predicted molar refractivity (Wildman–Crippen MR) is 67.3 cm³/mol. The lowest BCUT2D eigenvalue weighted by molar-refractivity contribution is 0.473. The summed E-state index contributed by atoms with van der Waals surface area (Å²) in [5.41, 5.74) is 9.05. The Morgan fingerprint density at radius 2 is 2.06 bits per heavy atom. The number of nitrogens with two attached hydrogens (primary N) is 1. The van der Waals surface area contributed by atoms with Crippen LogP contribution in [0.2, 0.25) is 0 Å². The zero-order valence-electron chi connectivity index (χ0n) is 9.00. The van der Waals surface area contributed by atoms with Crippen LogP contribution in [0.3, 0.4) is 0 Å². The number of phenolic OH excluding ortho intramolecular Hbond substituents is 1. The standard InChI is InChI=1S/C11H12BrN3O/c1-5-3-7(8-4-9(13)15-14-8)11(16)10(12)6(5)2/h3-4,16H,1-2H3,(H3,13,14,15). The molecule has 2 rings (SSSR count). The molecule has 16 heavy (non-hydrogen) atoms. The first-order valence-corrected chi connectivity index (χ1v) is 5.60. The van der Waals surface area contributed by atoms with Crippen LogP contribution in [-0.4, -0.2) is 15.3 Å². The van der Waals surface area contributed by atoms with Crippen LogP contribution >= 0.6 is 15.9 Å². The molecule has 1 aromatic heterocycles. The molecule has 0 unspecified atom stereocenters. The van der Waals surface area contributed by atoms with E-state index < -0.39 is 0 Å². The number of H-pyrrole nitrogens is 1. The number of nitrogens with one attached hydrogen (secondary N) is 1. The van der Waals surface area contributed by atoms with Crippen molar-refractivity contribution in [3.8, 4) is 17.0 Å². The fourth-order valence-electron chi connectivity index (χ4n) is 1.54. The molecular formula is C11H12BrN3O. The van der Waals surface area contributed by atoms with E-state index in [1.807, 2.05) is 19.9 Å². The van der Waals surface area contributed by atoms with Gasteiger partial charge in [0, 0.05) is 11.6 Å². The number of phenols is 1. The van der Waals surface area contributed by atoms with E-state index >= 15 is 0 Å². The third-order valence-corrected chi connectivity index (χ3v) is 3.60. The van der Waals surface area contributed by atoms with Gasteiger partial charge in [-0.2, -0.15) is 5.10 Å². The lowest BCUT2D eigenvalue weighted by Gasteiger charge is -2.10. The molecule has 0 radical (unpaired) electrons. The van der Waals surface area contributed by atoms with Crippen molar-refractivity contribution in [1.82, 2.24) is 10.2 Å². The Morgan fingerprint density at radius 3 is 2.62 bits per heavy atom. The Kier molecular flexibility index (Phi) is 2.63.